The first kappa shape index (κ1) is 20.7. The molecular formula is C20H40N4O. The average Bonchev–Trinajstić information content (AvgIpc) is 3.24. The van der Waals surface area contributed by atoms with E-state index in [2.05, 4.69) is 26.9 Å². The lowest BCUT2D eigenvalue weighted by molar-refractivity contribution is -0.121. The van der Waals surface area contributed by atoms with Gasteiger partial charge in [-0.05, 0) is 44.8 Å². The molecule has 5 heteroatoms. The van der Waals surface area contributed by atoms with Crippen molar-refractivity contribution in [1.29, 1.82) is 0 Å². The van der Waals surface area contributed by atoms with Crippen LogP contribution in [0.4, 0.5) is 0 Å². The Labute approximate surface area is 155 Å². The molecule has 1 saturated carbocycles. The Hall–Kier alpha value is -0.650. The van der Waals surface area contributed by atoms with Gasteiger partial charge in [-0.15, -0.1) is 0 Å². The summed E-state index contributed by atoms with van der Waals surface area (Å²) in [4.78, 5) is 19.4. The molecule has 5 nitrogen and oxygen atoms in total. The molecule has 0 aromatic carbocycles. The minimum Gasteiger partial charge on any atom is -0.353 e. The maximum atomic E-state index is 11.6. The van der Waals surface area contributed by atoms with E-state index in [1.165, 1.54) is 71.6 Å². The highest BCUT2D eigenvalue weighted by molar-refractivity contribution is 5.75. The van der Waals surface area contributed by atoms with Gasteiger partial charge in [0.1, 0.15) is 0 Å². The van der Waals surface area contributed by atoms with Gasteiger partial charge in [-0.3, -0.25) is 9.69 Å². The summed E-state index contributed by atoms with van der Waals surface area (Å²) < 4.78 is 0. The number of hydrogen-bond acceptors (Lipinski definition) is 4. The first-order valence-electron chi connectivity index (χ1n) is 10.7. The van der Waals surface area contributed by atoms with E-state index in [9.17, 15) is 4.79 Å². The third-order valence-electron chi connectivity index (χ3n) is 6.15. The number of likely N-dealkylation sites (N-methyl/N-ethyl adjacent to an activating group) is 1. The lowest BCUT2D eigenvalue weighted by Crippen LogP contribution is -2.48. The zero-order valence-corrected chi connectivity index (χ0v) is 17.0. The zero-order valence-electron chi connectivity index (χ0n) is 17.0. The molecule has 1 N–H and O–H groups in total. The van der Waals surface area contributed by atoms with Crippen LogP contribution in [0.25, 0.3) is 0 Å². The minimum absolute atomic E-state index is 0.223. The summed E-state index contributed by atoms with van der Waals surface area (Å²) in [5.41, 5.74) is 0. The molecule has 146 valence electrons. The molecular weight excluding hydrogens is 312 g/mol. The molecule has 25 heavy (non-hydrogen) atoms. The van der Waals surface area contributed by atoms with E-state index >= 15 is 0 Å². The van der Waals surface area contributed by atoms with Gasteiger partial charge >= 0.3 is 0 Å². The summed E-state index contributed by atoms with van der Waals surface area (Å²) in [6.45, 7) is 18.0. The van der Waals surface area contributed by atoms with Crippen molar-refractivity contribution in [2.45, 2.75) is 65.5 Å². The van der Waals surface area contributed by atoms with Crippen LogP contribution in [-0.4, -0.2) is 85.0 Å². The number of hydrogen-bond donors (Lipinski definition) is 1. The topological polar surface area (TPSA) is 38.8 Å². The third-order valence-corrected chi connectivity index (χ3v) is 6.15. The van der Waals surface area contributed by atoms with Gasteiger partial charge in [0, 0.05) is 51.2 Å². The van der Waals surface area contributed by atoms with Gasteiger partial charge in [-0.1, -0.05) is 27.7 Å². The second-order valence-corrected chi connectivity index (χ2v) is 7.54. The van der Waals surface area contributed by atoms with Crippen molar-refractivity contribution in [3.8, 4) is 0 Å². The van der Waals surface area contributed by atoms with E-state index in [1.807, 2.05) is 20.8 Å². The van der Waals surface area contributed by atoms with E-state index in [0.29, 0.717) is 18.4 Å². The highest BCUT2D eigenvalue weighted by Gasteiger charge is 2.44. The summed E-state index contributed by atoms with van der Waals surface area (Å²) in [5, 5.41) is 3.22. The number of rotatable bonds is 7. The summed E-state index contributed by atoms with van der Waals surface area (Å²) in [5.74, 6) is 0.920. The molecule has 3 rings (SSSR count). The normalized spacial score (nSPS) is 30.2. The van der Waals surface area contributed by atoms with Crippen LogP contribution >= 0.6 is 0 Å². The van der Waals surface area contributed by atoms with Gasteiger partial charge in [0.15, 0.2) is 0 Å². The van der Waals surface area contributed by atoms with Crippen LogP contribution < -0.4 is 5.32 Å². The lowest BCUT2D eigenvalue weighted by Gasteiger charge is -2.35. The van der Waals surface area contributed by atoms with Crippen molar-refractivity contribution in [3.63, 3.8) is 0 Å². The Kier molecular flexibility index (Phi) is 8.67. The van der Waals surface area contributed by atoms with E-state index in [0.717, 1.165) is 6.04 Å². The Morgan fingerprint density at radius 2 is 1.68 bits per heavy atom. The number of carbonyl (C=O) groups excluding carboxylic acids is 1. The molecule has 1 aliphatic carbocycles. The van der Waals surface area contributed by atoms with Crippen molar-refractivity contribution in [2.75, 3.05) is 52.4 Å². The minimum atomic E-state index is 0.223. The molecule has 3 unspecified atom stereocenters. The molecule has 0 radical (unpaired) electrons. The van der Waals surface area contributed by atoms with Crippen LogP contribution in [0.2, 0.25) is 0 Å². The van der Waals surface area contributed by atoms with E-state index in [-0.39, 0.29) is 5.91 Å². The predicted octanol–water partition coefficient (Wildman–Crippen LogP) is 2.03. The van der Waals surface area contributed by atoms with Crippen LogP contribution in [0.15, 0.2) is 0 Å². The Morgan fingerprint density at radius 3 is 2.24 bits per heavy atom. The monoisotopic (exact) mass is 352 g/mol. The van der Waals surface area contributed by atoms with Crippen molar-refractivity contribution in [2.24, 2.45) is 5.92 Å². The van der Waals surface area contributed by atoms with Crippen LogP contribution in [0, 0.1) is 5.92 Å². The average molecular weight is 353 g/mol. The van der Waals surface area contributed by atoms with Crippen molar-refractivity contribution >= 4 is 5.91 Å². The number of amides is 1. The van der Waals surface area contributed by atoms with E-state index in [4.69, 9.17) is 0 Å². The van der Waals surface area contributed by atoms with E-state index in [1.54, 1.807) is 0 Å². The molecule has 2 bridgehead atoms. The second kappa shape index (κ2) is 10.5. The molecule has 3 fully saturated rings. The number of fused-ring (bicyclic) bond motifs is 2. The lowest BCUT2D eigenvalue weighted by atomic mass is 10.0. The highest BCUT2D eigenvalue weighted by atomic mass is 16.1. The number of likely N-dealkylation sites (tertiary alicyclic amines) is 1. The number of piperidine rings is 1. The number of carbonyl (C=O) groups is 1. The molecule has 3 aliphatic rings. The SMILES string of the molecule is CC.CCC(=O)NC1CC2CC1CN2CCCN1CCN(CC)CC1. The number of piperazine rings is 1. The number of nitrogens with zero attached hydrogens (tertiary/aromatic N) is 3. The molecule has 2 heterocycles. The second-order valence-electron chi connectivity index (χ2n) is 7.54. The fourth-order valence-electron chi connectivity index (χ4n) is 4.63. The van der Waals surface area contributed by atoms with Gasteiger partial charge in [0.05, 0.1) is 0 Å². The molecule has 3 atom stereocenters. The summed E-state index contributed by atoms with van der Waals surface area (Å²) >= 11 is 0. The first-order chi connectivity index (χ1) is 12.2. The van der Waals surface area contributed by atoms with Gasteiger partial charge in [0.2, 0.25) is 5.91 Å². The Morgan fingerprint density at radius 1 is 1.00 bits per heavy atom. The van der Waals surface area contributed by atoms with Crippen LogP contribution in [-0.2, 0) is 4.79 Å². The molecule has 0 spiro atoms. The Bertz CT molecular complexity index is 395. The molecule has 0 aromatic heterocycles. The predicted molar refractivity (Wildman–Crippen MR) is 105 cm³/mol. The third kappa shape index (κ3) is 5.66. The van der Waals surface area contributed by atoms with Gasteiger partial charge < -0.3 is 15.1 Å². The van der Waals surface area contributed by atoms with Gasteiger partial charge in [-0.25, -0.2) is 0 Å². The first-order valence-corrected chi connectivity index (χ1v) is 10.7. The van der Waals surface area contributed by atoms with Crippen molar-refractivity contribution < 1.29 is 4.79 Å². The standard InChI is InChI=1S/C18H34N4O.C2H6/c1-3-18(23)19-17-13-16-12-15(17)14-22(16)7-5-6-21-10-8-20(4-2)9-11-21;1-2/h15-17H,3-14H2,1-2H3,(H,19,23);1-2H3. The fourth-order valence-corrected chi connectivity index (χ4v) is 4.63. The molecule has 0 aromatic rings. The maximum absolute atomic E-state index is 11.6. The molecule has 1 amide bonds. The Balaban J connectivity index is 0.00000109. The van der Waals surface area contributed by atoms with E-state index < -0.39 is 0 Å². The zero-order chi connectivity index (χ0) is 18.2. The summed E-state index contributed by atoms with van der Waals surface area (Å²) in [7, 11) is 0. The highest BCUT2D eigenvalue weighted by Crippen LogP contribution is 2.37. The van der Waals surface area contributed by atoms with Crippen molar-refractivity contribution in [3.05, 3.63) is 0 Å². The molecule has 2 aliphatic heterocycles. The van der Waals surface area contributed by atoms with Crippen LogP contribution in [0.5, 0.6) is 0 Å². The smallest absolute Gasteiger partial charge is 0.219 e. The van der Waals surface area contributed by atoms with Gasteiger partial charge in [-0.2, -0.15) is 0 Å². The fraction of sp³-hybridized carbons (Fsp3) is 0.950. The summed E-state index contributed by atoms with van der Waals surface area (Å²) in [6.07, 6.45) is 4.37. The number of nitrogens with one attached hydrogen (secondary N) is 1. The van der Waals surface area contributed by atoms with Crippen LogP contribution in [0.3, 0.4) is 0 Å². The maximum Gasteiger partial charge on any atom is 0.219 e. The molecule has 2 saturated heterocycles. The summed E-state index contributed by atoms with van der Waals surface area (Å²) in [6, 6.07) is 1.17. The van der Waals surface area contributed by atoms with Crippen LogP contribution in [0.1, 0.15) is 53.4 Å². The van der Waals surface area contributed by atoms with Crippen molar-refractivity contribution in [1.82, 2.24) is 20.0 Å². The van der Waals surface area contributed by atoms with Gasteiger partial charge in [0.25, 0.3) is 0 Å². The largest absolute Gasteiger partial charge is 0.353 e. The quantitative estimate of drug-likeness (QED) is 0.761.